The van der Waals surface area contributed by atoms with Crippen LogP contribution in [0.2, 0.25) is 0 Å². The van der Waals surface area contributed by atoms with Crippen LogP contribution >= 0.6 is 11.3 Å². The fourth-order valence-corrected chi connectivity index (χ4v) is 3.76. The normalized spacial score (nSPS) is 10.4. The van der Waals surface area contributed by atoms with Gasteiger partial charge in [0, 0.05) is 11.8 Å². The van der Waals surface area contributed by atoms with Gasteiger partial charge in [-0.05, 0) is 55.0 Å². The first-order valence-corrected chi connectivity index (χ1v) is 10.00. The van der Waals surface area contributed by atoms with E-state index in [-0.39, 0.29) is 17.6 Å². The summed E-state index contributed by atoms with van der Waals surface area (Å²) in [5.74, 6) is 0.925. The van der Waals surface area contributed by atoms with Crippen LogP contribution in [-0.2, 0) is 0 Å². The van der Waals surface area contributed by atoms with Gasteiger partial charge in [0.2, 0.25) is 0 Å². The van der Waals surface area contributed by atoms with Gasteiger partial charge in [-0.3, -0.25) is 9.59 Å². The minimum Gasteiger partial charge on any atom is -0.459 e. The smallest absolute Gasteiger partial charge is 0.291 e. The van der Waals surface area contributed by atoms with Gasteiger partial charge in [0.1, 0.15) is 11.5 Å². The second kappa shape index (κ2) is 8.67. The molecule has 0 aliphatic heterocycles. The van der Waals surface area contributed by atoms with Gasteiger partial charge < -0.3 is 19.8 Å². The van der Waals surface area contributed by atoms with Gasteiger partial charge in [-0.15, -0.1) is 11.3 Å². The Morgan fingerprint density at radius 2 is 1.67 bits per heavy atom. The second-order valence-electron chi connectivity index (χ2n) is 6.45. The van der Waals surface area contributed by atoms with Crippen molar-refractivity contribution in [1.82, 2.24) is 0 Å². The largest absolute Gasteiger partial charge is 0.459 e. The van der Waals surface area contributed by atoms with Crippen molar-refractivity contribution in [3.63, 3.8) is 0 Å². The van der Waals surface area contributed by atoms with Gasteiger partial charge in [0.15, 0.2) is 5.76 Å². The van der Waals surface area contributed by atoms with E-state index in [0.29, 0.717) is 27.1 Å². The van der Waals surface area contributed by atoms with E-state index >= 15 is 0 Å². The van der Waals surface area contributed by atoms with E-state index in [4.69, 9.17) is 9.15 Å². The van der Waals surface area contributed by atoms with Gasteiger partial charge in [0.05, 0.1) is 16.1 Å². The van der Waals surface area contributed by atoms with Crippen molar-refractivity contribution in [2.24, 2.45) is 0 Å². The monoisotopic (exact) mass is 418 g/mol. The molecule has 6 nitrogen and oxygen atoms in total. The summed E-state index contributed by atoms with van der Waals surface area (Å²) in [4.78, 5) is 25.4. The third-order valence-electron chi connectivity index (χ3n) is 4.18. The number of carbonyl (C=O) groups is 2. The number of furan rings is 1. The Morgan fingerprint density at radius 3 is 2.43 bits per heavy atom. The Balaban J connectivity index is 1.44. The molecule has 2 N–H and O–H groups in total. The topological polar surface area (TPSA) is 80.6 Å². The number of thiophene rings is 1. The lowest BCUT2D eigenvalue weighted by atomic mass is 10.2. The zero-order valence-corrected chi connectivity index (χ0v) is 16.9. The molecule has 0 fully saturated rings. The van der Waals surface area contributed by atoms with E-state index in [0.717, 1.165) is 5.56 Å². The van der Waals surface area contributed by atoms with Crippen LogP contribution in [0.4, 0.5) is 10.7 Å². The van der Waals surface area contributed by atoms with Crippen LogP contribution in [0.25, 0.3) is 0 Å². The number of rotatable bonds is 6. The quantitative estimate of drug-likeness (QED) is 0.406. The summed E-state index contributed by atoms with van der Waals surface area (Å²) in [5, 5.41) is 6.20. The van der Waals surface area contributed by atoms with Crippen molar-refractivity contribution in [2.75, 3.05) is 10.6 Å². The number of amides is 2. The predicted molar refractivity (Wildman–Crippen MR) is 117 cm³/mol. The molecule has 0 spiro atoms. The van der Waals surface area contributed by atoms with Gasteiger partial charge >= 0.3 is 0 Å². The van der Waals surface area contributed by atoms with Crippen molar-refractivity contribution >= 4 is 33.8 Å². The van der Waals surface area contributed by atoms with Crippen LogP contribution in [0.5, 0.6) is 11.5 Å². The molecule has 30 heavy (non-hydrogen) atoms. The van der Waals surface area contributed by atoms with Crippen LogP contribution in [0.1, 0.15) is 25.8 Å². The molecule has 2 aromatic carbocycles. The summed E-state index contributed by atoms with van der Waals surface area (Å²) in [6, 6.07) is 21.6. The molecule has 0 atom stereocenters. The van der Waals surface area contributed by atoms with Gasteiger partial charge in [0.25, 0.3) is 11.8 Å². The number of aryl methyl sites for hydroxylation is 1. The van der Waals surface area contributed by atoms with Crippen LogP contribution in [0, 0.1) is 6.92 Å². The predicted octanol–water partition coefficient (Wildman–Crippen LogP) is 5.95. The summed E-state index contributed by atoms with van der Waals surface area (Å²) in [6.07, 6.45) is 1.43. The van der Waals surface area contributed by atoms with E-state index in [1.807, 2.05) is 49.4 Å². The zero-order chi connectivity index (χ0) is 20.9. The number of nitrogens with one attached hydrogen (secondary N) is 2. The minimum atomic E-state index is -0.362. The van der Waals surface area contributed by atoms with Gasteiger partial charge in [-0.1, -0.05) is 24.3 Å². The summed E-state index contributed by atoms with van der Waals surface area (Å²) in [7, 11) is 0. The first-order valence-electron chi connectivity index (χ1n) is 9.18. The molecule has 0 radical (unpaired) electrons. The van der Waals surface area contributed by atoms with Crippen molar-refractivity contribution in [2.45, 2.75) is 6.92 Å². The molecule has 150 valence electrons. The lowest BCUT2D eigenvalue weighted by Gasteiger charge is -2.08. The van der Waals surface area contributed by atoms with Crippen molar-refractivity contribution in [3.8, 4) is 11.5 Å². The lowest BCUT2D eigenvalue weighted by molar-refractivity contribution is 0.0995. The average Bonchev–Trinajstić information content (AvgIpc) is 3.39. The lowest BCUT2D eigenvalue weighted by Crippen LogP contribution is -2.11. The van der Waals surface area contributed by atoms with Crippen LogP contribution in [-0.4, -0.2) is 11.8 Å². The molecule has 4 rings (SSSR count). The SMILES string of the molecule is Cc1cc(NC(=O)c2ccco2)sc1C(=O)Nc1cccc(Oc2ccccc2)c1. The fraction of sp³-hybridized carbons (Fsp3) is 0.0435. The Labute approximate surface area is 177 Å². The number of hydrogen-bond acceptors (Lipinski definition) is 5. The maximum atomic E-state index is 12.8. The average molecular weight is 418 g/mol. The first-order chi connectivity index (χ1) is 14.6. The molecule has 0 bridgehead atoms. The van der Waals surface area contributed by atoms with E-state index in [1.54, 1.807) is 30.3 Å². The molecular formula is C23H18N2O4S. The minimum absolute atomic E-state index is 0.210. The van der Waals surface area contributed by atoms with Crippen molar-refractivity contribution in [3.05, 3.63) is 95.3 Å². The van der Waals surface area contributed by atoms with Crippen molar-refractivity contribution < 1.29 is 18.7 Å². The molecule has 2 amide bonds. The highest BCUT2D eigenvalue weighted by Gasteiger charge is 2.17. The number of ether oxygens (including phenoxy) is 1. The molecule has 0 aliphatic rings. The van der Waals surface area contributed by atoms with Crippen LogP contribution in [0.15, 0.2) is 83.5 Å². The Hall–Kier alpha value is -3.84. The highest BCUT2D eigenvalue weighted by Crippen LogP contribution is 2.29. The Morgan fingerprint density at radius 1 is 0.867 bits per heavy atom. The summed E-state index contributed by atoms with van der Waals surface area (Å²) in [5.41, 5.74) is 1.38. The molecule has 0 aliphatic carbocycles. The molecule has 0 unspecified atom stereocenters. The molecule has 4 aromatic rings. The Kier molecular flexibility index (Phi) is 5.63. The Bertz CT molecular complexity index is 1170. The standard InChI is InChI=1S/C23H18N2O4S/c1-15-13-20(25-22(26)19-11-6-12-28-19)30-21(15)23(27)24-16-7-5-10-18(14-16)29-17-8-3-2-4-9-17/h2-14H,1H3,(H,24,27)(H,25,26). The maximum absolute atomic E-state index is 12.8. The maximum Gasteiger partial charge on any atom is 0.291 e. The van der Waals surface area contributed by atoms with Crippen LogP contribution in [0.3, 0.4) is 0 Å². The third kappa shape index (κ3) is 4.59. The summed E-state index contributed by atoms with van der Waals surface area (Å²) >= 11 is 1.20. The number of benzene rings is 2. The third-order valence-corrected chi connectivity index (χ3v) is 5.33. The van der Waals surface area contributed by atoms with Gasteiger partial charge in [-0.25, -0.2) is 0 Å². The molecular weight excluding hydrogens is 400 g/mol. The molecule has 0 saturated heterocycles. The first kappa shape index (κ1) is 19.5. The second-order valence-corrected chi connectivity index (χ2v) is 7.50. The van der Waals surface area contributed by atoms with Crippen molar-refractivity contribution in [1.29, 1.82) is 0 Å². The molecule has 0 saturated carbocycles. The van der Waals surface area contributed by atoms with Crippen LogP contribution < -0.4 is 15.4 Å². The number of carbonyl (C=O) groups excluding carboxylic acids is 2. The fourth-order valence-electron chi connectivity index (χ4n) is 2.80. The summed E-state index contributed by atoms with van der Waals surface area (Å²) in [6.45, 7) is 1.82. The molecule has 2 aromatic heterocycles. The van der Waals surface area contributed by atoms with E-state index in [2.05, 4.69) is 10.6 Å². The highest BCUT2D eigenvalue weighted by molar-refractivity contribution is 7.18. The van der Waals surface area contributed by atoms with Gasteiger partial charge in [-0.2, -0.15) is 0 Å². The summed E-state index contributed by atoms with van der Waals surface area (Å²) < 4.78 is 10.9. The number of hydrogen-bond donors (Lipinski definition) is 2. The number of anilines is 2. The zero-order valence-electron chi connectivity index (χ0n) is 16.0. The molecule has 7 heteroatoms. The molecule has 2 heterocycles. The van der Waals surface area contributed by atoms with E-state index < -0.39 is 0 Å². The number of para-hydroxylation sites is 1. The van der Waals surface area contributed by atoms with E-state index in [1.165, 1.54) is 17.6 Å². The highest BCUT2D eigenvalue weighted by atomic mass is 32.1. The van der Waals surface area contributed by atoms with E-state index in [9.17, 15) is 9.59 Å².